The molecule has 2 saturated heterocycles. The number of rotatable bonds is 6. The van der Waals surface area contributed by atoms with Crippen molar-refractivity contribution in [2.45, 2.75) is 44.8 Å². The third-order valence-corrected chi connectivity index (χ3v) is 6.82. The van der Waals surface area contributed by atoms with Gasteiger partial charge in [0.2, 0.25) is 5.91 Å². The van der Waals surface area contributed by atoms with Crippen molar-refractivity contribution in [3.63, 3.8) is 0 Å². The van der Waals surface area contributed by atoms with Crippen molar-refractivity contribution in [1.82, 2.24) is 15.2 Å². The zero-order valence-electron chi connectivity index (χ0n) is 16.5. The average molecular weight is 400 g/mol. The van der Waals surface area contributed by atoms with Crippen LogP contribution in [0, 0.1) is 12.8 Å². The lowest BCUT2D eigenvalue weighted by Gasteiger charge is -2.33. The van der Waals surface area contributed by atoms with Gasteiger partial charge in [0.15, 0.2) is 0 Å². The number of aryl methyl sites for hydroxylation is 1. The fourth-order valence-electron chi connectivity index (χ4n) is 4.19. The molecule has 28 heavy (non-hydrogen) atoms. The smallest absolute Gasteiger partial charge is 0.228 e. The van der Waals surface area contributed by atoms with Gasteiger partial charge >= 0.3 is 0 Å². The van der Waals surface area contributed by atoms with Crippen LogP contribution in [0.15, 0.2) is 35.7 Å². The van der Waals surface area contributed by atoms with Gasteiger partial charge in [0.05, 0.1) is 23.6 Å². The van der Waals surface area contributed by atoms with Crippen LogP contribution in [-0.4, -0.2) is 48.1 Å². The predicted octanol–water partition coefficient (Wildman–Crippen LogP) is 3.35. The zero-order valence-corrected chi connectivity index (χ0v) is 17.3. The fourth-order valence-corrected chi connectivity index (χ4v) is 5.12. The highest BCUT2D eigenvalue weighted by atomic mass is 32.1. The van der Waals surface area contributed by atoms with Crippen LogP contribution < -0.4 is 5.32 Å². The highest BCUT2D eigenvalue weighted by Gasteiger charge is 2.35. The molecule has 2 aromatic rings. The minimum absolute atomic E-state index is 0.000284. The van der Waals surface area contributed by atoms with E-state index in [0.717, 1.165) is 51.1 Å². The van der Waals surface area contributed by atoms with Gasteiger partial charge in [-0.05, 0) is 31.7 Å². The first-order chi connectivity index (χ1) is 13.7. The normalized spacial score (nSPS) is 25.2. The van der Waals surface area contributed by atoms with Crippen molar-refractivity contribution in [2.24, 2.45) is 5.92 Å². The Morgan fingerprint density at radius 2 is 2.21 bits per heavy atom. The second kappa shape index (κ2) is 9.16. The third-order valence-electron chi connectivity index (χ3n) is 5.69. The first kappa shape index (κ1) is 19.6. The zero-order chi connectivity index (χ0) is 19.3. The number of aromatic nitrogens is 1. The van der Waals surface area contributed by atoms with Crippen LogP contribution in [0.3, 0.4) is 0 Å². The molecule has 5 nitrogen and oxygen atoms in total. The molecule has 1 amide bonds. The van der Waals surface area contributed by atoms with E-state index in [9.17, 15) is 4.79 Å². The molecule has 4 rings (SSSR count). The van der Waals surface area contributed by atoms with E-state index in [4.69, 9.17) is 4.74 Å². The molecular weight excluding hydrogens is 370 g/mol. The van der Waals surface area contributed by atoms with E-state index >= 15 is 0 Å². The molecule has 0 radical (unpaired) electrons. The van der Waals surface area contributed by atoms with Crippen LogP contribution in [0.2, 0.25) is 0 Å². The number of piperidine rings is 1. The fraction of sp³-hybridized carbons (Fsp3) is 0.545. The molecule has 2 aliphatic rings. The molecule has 1 N–H and O–H groups in total. The van der Waals surface area contributed by atoms with Crippen molar-refractivity contribution in [2.75, 3.05) is 26.2 Å². The number of likely N-dealkylation sites (tertiary alicyclic amines) is 1. The van der Waals surface area contributed by atoms with Gasteiger partial charge in [0.25, 0.3) is 0 Å². The molecule has 150 valence electrons. The number of carbonyl (C=O) groups is 1. The predicted molar refractivity (Wildman–Crippen MR) is 111 cm³/mol. The van der Waals surface area contributed by atoms with Crippen LogP contribution in [-0.2, 0) is 16.1 Å². The van der Waals surface area contributed by atoms with Gasteiger partial charge in [-0.25, -0.2) is 4.98 Å². The van der Waals surface area contributed by atoms with Crippen molar-refractivity contribution >= 4 is 17.2 Å². The standard InChI is InChI=1S/C22H29N3O2S/c1-16-15-28-21(24-16)18-8-5-9-25(13-18)22(26)19-10-20(27-14-19)12-23-11-17-6-3-2-4-7-17/h2-4,6-7,15,18-20,23H,5,8-14H2,1H3/t18?,19-,20-/m0/s1. The Morgan fingerprint density at radius 3 is 3.00 bits per heavy atom. The SMILES string of the molecule is Cc1csc(C2CCCN(C(=O)[C@@H]3CO[C@H](CNCc4ccccc4)C3)C2)n1. The van der Waals surface area contributed by atoms with E-state index < -0.39 is 0 Å². The monoisotopic (exact) mass is 399 g/mol. The van der Waals surface area contributed by atoms with Crippen molar-refractivity contribution in [3.05, 3.63) is 52.0 Å². The van der Waals surface area contributed by atoms with Gasteiger partial charge in [-0.2, -0.15) is 0 Å². The summed E-state index contributed by atoms with van der Waals surface area (Å²) in [6.07, 6.45) is 3.13. The summed E-state index contributed by atoms with van der Waals surface area (Å²) in [6.45, 7) is 5.88. The minimum Gasteiger partial charge on any atom is -0.376 e. The number of nitrogens with zero attached hydrogens (tertiary/aromatic N) is 2. The number of hydrogen-bond acceptors (Lipinski definition) is 5. The maximum absolute atomic E-state index is 13.0. The van der Waals surface area contributed by atoms with E-state index in [1.54, 1.807) is 11.3 Å². The lowest BCUT2D eigenvalue weighted by Crippen LogP contribution is -2.42. The topological polar surface area (TPSA) is 54.5 Å². The summed E-state index contributed by atoms with van der Waals surface area (Å²) in [5.41, 5.74) is 2.35. The number of carbonyl (C=O) groups excluding carboxylic acids is 1. The number of amides is 1. The molecule has 1 aromatic heterocycles. The highest BCUT2D eigenvalue weighted by molar-refractivity contribution is 7.09. The minimum atomic E-state index is 0.000284. The first-order valence-corrected chi connectivity index (χ1v) is 11.1. The van der Waals surface area contributed by atoms with E-state index in [-0.39, 0.29) is 17.9 Å². The van der Waals surface area contributed by atoms with Crippen molar-refractivity contribution < 1.29 is 9.53 Å². The van der Waals surface area contributed by atoms with Crippen LogP contribution >= 0.6 is 11.3 Å². The molecule has 0 saturated carbocycles. The Labute approximate surface area is 171 Å². The molecule has 3 atom stereocenters. The largest absolute Gasteiger partial charge is 0.376 e. The summed E-state index contributed by atoms with van der Waals surface area (Å²) in [7, 11) is 0. The molecule has 0 aliphatic carbocycles. The summed E-state index contributed by atoms with van der Waals surface area (Å²) in [6, 6.07) is 10.4. The van der Waals surface area contributed by atoms with Gasteiger partial charge in [-0.15, -0.1) is 11.3 Å². The van der Waals surface area contributed by atoms with E-state index in [1.165, 1.54) is 10.6 Å². The van der Waals surface area contributed by atoms with Crippen LogP contribution in [0.25, 0.3) is 0 Å². The summed E-state index contributed by atoms with van der Waals surface area (Å²) in [5.74, 6) is 0.658. The Morgan fingerprint density at radius 1 is 1.36 bits per heavy atom. The Balaban J connectivity index is 1.24. The van der Waals surface area contributed by atoms with E-state index in [1.807, 2.05) is 13.0 Å². The second-order valence-electron chi connectivity index (χ2n) is 7.95. The molecular formula is C22H29N3O2S. The lowest BCUT2D eigenvalue weighted by molar-refractivity contribution is -0.136. The van der Waals surface area contributed by atoms with Gasteiger partial charge in [-0.3, -0.25) is 4.79 Å². The van der Waals surface area contributed by atoms with Gasteiger partial charge in [-0.1, -0.05) is 30.3 Å². The molecule has 6 heteroatoms. The molecule has 2 fully saturated rings. The molecule has 0 spiro atoms. The summed E-state index contributed by atoms with van der Waals surface area (Å²) in [4.78, 5) is 19.7. The maximum Gasteiger partial charge on any atom is 0.228 e. The van der Waals surface area contributed by atoms with E-state index in [0.29, 0.717) is 12.5 Å². The number of ether oxygens (including phenoxy) is 1. The van der Waals surface area contributed by atoms with Crippen LogP contribution in [0.4, 0.5) is 0 Å². The summed E-state index contributed by atoms with van der Waals surface area (Å²) in [5, 5.41) is 6.74. The summed E-state index contributed by atoms with van der Waals surface area (Å²) >= 11 is 1.73. The average Bonchev–Trinajstić information content (AvgIpc) is 3.38. The van der Waals surface area contributed by atoms with E-state index in [2.05, 4.69) is 44.8 Å². The second-order valence-corrected chi connectivity index (χ2v) is 8.84. The maximum atomic E-state index is 13.0. The summed E-state index contributed by atoms with van der Waals surface area (Å²) < 4.78 is 5.91. The Bertz CT molecular complexity index is 779. The van der Waals surface area contributed by atoms with Crippen molar-refractivity contribution in [1.29, 1.82) is 0 Å². The number of nitrogens with one attached hydrogen (secondary N) is 1. The number of thiazole rings is 1. The van der Waals surface area contributed by atoms with Crippen LogP contribution in [0.5, 0.6) is 0 Å². The van der Waals surface area contributed by atoms with Crippen molar-refractivity contribution in [3.8, 4) is 0 Å². The first-order valence-electron chi connectivity index (χ1n) is 10.3. The Kier molecular flexibility index (Phi) is 6.40. The highest BCUT2D eigenvalue weighted by Crippen LogP contribution is 2.31. The Hall–Kier alpha value is -1.76. The quantitative estimate of drug-likeness (QED) is 0.809. The van der Waals surface area contributed by atoms with Crippen LogP contribution in [0.1, 0.15) is 41.4 Å². The lowest BCUT2D eigenvalue weighted by atomic mass is 9.96. The number of benzene rings is 1. The molecule has 2 aliphatic heterocycles. The molecule has 3 heterocycles. The molecule has 0 bridgehead atoms. The molecule has 1 unspecified atom stereocenters. The third kappa shape index (κ3) is 4.80. The van der Waals surface area contributed by atoms with Gasteiger partial charge < -0.3 is 15.0 Å². The molecule has 1 aromatic carbocycles. The number of hydrogen-bond donors (Lipinski definition) is 1. The van der Waals surface area contributed by atoms with Gasteiger partial charge in [0, 0.05) is 43.2 Å². The van der Waals surface area contributed by atoms with Gasteiger partial charge in [0.1, 0.15) is 0 Å².